The van der Waals surface area contributed by atoms with E-state index in [2.05, 4.69) is 0 Å². The molecule has 0 bridgehead atoms. The zero-order chi connectivity index (χ0) is 25.3. The van der Waals surface area contributed by atoms with Crippen LogP contribution >= 0.6 is 0 Å². The number of Topliss-reactive ketones (excluding diaryl/α,β-unsaturated/α-hetero) is 3. The van der Waals surface area contributed by atoms with Crippen molar-refractivity contribution < 1.29 is 45.8 Å². The second kappa shape index (κ2) is 15.0. The van der Waals surface area contributed by atoms with Crippen molar-refractivity contribution in [2.75, 3.05) is 42.3 Å². The van der Waals surface area contributed by atoms with Crippen LogP contribution in [0.25, 0.3) is 0 Å². The van der Waals surface area contributed by atoms with Crippen molar-refractivity contribution >= 4 is 35.1 Å². The molecule has 3 unspecified atom stereocenters. The Labute approximate surface area is 213 Å². The van der Waals surface area contributed by atoms with E-state index < -0.39 is 0 Å². The van der Waals surface area contributed by atoms with E-state index in [-0.39, 0.29) is 69.9 Å². The Morgan fingerprint density at radius 3 is 0.853 bits per heavy atom. The molecule has 0 N–H and O–H groups in total. The molecule has 3 amide bonds. The molecule has 0 aromatic carbocycles. The van der Waals surface area contributed by atoms with Crippen LogP contribution in [0, 0.1) is 17.8 Å². The minimum absolute atomic E-state index is 0. The van der Waals surface area contributed by atoms with Gasteiger partial charge in [0.25, 0.3) is 0 Å². The summed E-state index contributed by atoms with van der Waals surface area (Å²) in [7, 11) is 10.1. The normalized spacial score (nSPS) is 23.1. The maximum absolute atomic E-state index is 11.3. The number of hydrogen-bond donors (Lipinski definition) is 0. The average Bonchev–Trinajstić information content (AvgIpc) is 3.48. The predicted molar refractivity (Wildman–Crippen MR) is 123 cm³/mol. The van der Waals surface area contributed by atoms with E-state index in [1.165, 1.54) is 14.7 Å². The molecule has 0 aliphatic heterocycles. The number of amides is 3. The number of carbonyl (C=O) groups excluding carboxylic acids is 6. The predicted octanol–water partition coefficient (Wildman–Crippen LogP) is 1.33. The maximum atomic E-state index is 11.3. The molecule has 0 saturated heterocycles. The average molecular weight is 521 g/mol. The standard InChI is InChI=1S/3C8H13NO2.Fe/c3*1-9(2)8(11)6-4-3-5-7(6)10;/h3*6H,3-5H2,1-2H3;/q;;;+3. The fourth-order valence-electron chi connectivity index (χ4n) is 4.17. The van der Waals surface area contributed by atoms with E-state index in [1.807, 2.05) is 0 Å². The topological polar surface area (TPSA) is 112 Å². The first kappa shape index (κ1) is 31.9. The maximum Gasteiger partial charge on any atom is 3.00 e. The number of ketones is 3. The summed E-state index contributed by atoms with van der Waals surface area (Å²) in [6, 6.07) is 0. The molecule has 3 saturated carbocycles. The second-order valence-corrected chi connectivity index (χ2v) is 9.43. The second-order valence-electron chi connectivity index (χ2n) is 9.43. The molecular weight excluding hydrogens is 482 g/mol. The van der Waals surface area contributed by atoms with E-state index in [1.54, 1.807) is 42.3 Å². The Hall–Kier alpha value is -2.06. The van der Waals surface area contributed by atoms with Crippen molar-refractivity contribution in [3.05, 3.63) is 0 Å². The quantitative estimate of drug-likeness (QED) is 0.409. The van der Waals surface area contributed by atoms with Crippen molar-refractivity contribution in [3.63, 3.8) is 0 Å². The van der Waals surface area contributed by atoms with Gasteiger partial charge in [0.15, 0.2) is 0 Å². The van der Waals surface area contributed by atoms with Gasteiger partial charge >= 0.3 is 17.1 Å². The van der Waals surface area contributed by atoms with Gasteiger partial charge in [0.05, 0.1) is 17.8 Å². The zero-order valence-electron chi connectivity index (χ0n) is 21.2. The molecule has 191 valence electrons. The molecular formula is C24H39FeN3O6+3. The number of rotatable bonds is 3. The molecule has 3 aliphatic rings. The van der Waals surface area contributed by atoms with Crippen molar-refractivity contribution in [3.8, 4) is 0 Å². The van der Waals surface area contributed by atoms with Gasteiger partial charge in [-0.1, -0.05) is 0 Å². The minimum atomic E-state index is -0.329. The van der Waals surface area contributed by atoms with Crippen LogP contribution in [-0.4, -0.2) is 92.1 Å². The third-order valence-electron chi connectivity index (χ3n) is 6.13. The SMILES string of the molecule is CN(C)C(=O)C1CCCC1=O.CN(C)C(=O)C1CCCC1=O.CN(C)C(=O)C1CCCC1=O.[Fe+3]. The van der Waals surface area contributed by atoms with E-state index in [4.69, 9.17) is 0 Å². The fraction of sp³-hybridized carbons (Fsp3) is 0.750. The zero-order valence-corrected chi connectivity index (χ0v) is 22.3. The Morgan fingerprint density at radius 1 is 0.529 bits per heavy atom. The van der Waals surface area contributed by atoms with Crippen LogP contribution in [0.5, 0.6) is 0 Å². The Morgan fingerprint density at radius 2 is 0.735 bits per heavy atom. The van der Waals surface area contributed by atoms with E-state index >= 15 is 0 Å². The van der Waals surface area contributed by atoms with Gasteiger partial charge in [-0.2, -0.15) is 0 Å². The van der Waals surface area contributed by atoms with Gasteiger partial charge < -0.3 is 14.7 Å². The Balaban J connectivity index is 0.000000473. The minimum Gasteiger partial charge on any atom is -0.348 e. The molecule has 0 heterocycles. The Bertz CT molecular complexity index is 666. The molecule has 0 aromatic heterocycles. The van der Waals surface area contributed by atoms with Gasteiger partial charge in [0.1, 0.15) is 17.3 Å². The summed E-state index contributed by atoms with van der Waals surface area (Å²) in [4.78, 5) is 71.5. The third kappa shape index (κ3) is 9.29. The molecule has 0 aromatic rings. The largest absolute Gasteiger partial charge is 3.00 e. The van der Waals surface area contributed by atoms with Crippen molar-refractivity contribution in [2.45, 2.75) is 57.8 Å². The summed E-state index contributed by atoms with van der Waals surface area (Å²) in [5.41, 5.74) is 0. The number of carbonyl (C=O) groups is 6. The summed E-state index contributed by atoms with van der Waals surface area (Å²) in [6.07, 6.45) is 6.63. The molecule has 3 atom stereocenters. The first-order valence-electron chi connectivity index (χ1n) is 11.6. The third-order valence-corrected chi connectivity index (χ3v) is 6.13. The van der Waals surface area contributed by atoms with Gasteiger partial charge in [-0.15, -0.1) is 0 Å². The monoisotopic (exact) mass is 521 g/mol. The van der Waals surface area contributed by atoms with Gasteiger partial charge in [0.2, 0.25) is 17.7 Å². The van der Waals surface area contributed by atoms with E-state index in [9.17, 15) is 28.8 Å². The van der Waals surface area contributed by atoms with Crippen molar-refractivity contribution in [1.29, 1.82) is 0 Å². The molecule has 34 heavy (non-hydrogen) atoms. The van der Waals surface area contributed by atoms with Gasteiger partial charge in [-0.25, -0.2) is 0 Å². The van der Waals surface area contributed by atoms with Gasteiger partial charge in [0, 0.05) is 61.5 Å². The number of hydrogen-bond acceptors (Lipinski definition) is 6. The molecule has 10 heteroatoms. The van der Waals surface area contributed by atoms with Crippen LogP contribution in [0.4, 0.5) is 0 Å². The molecule has 1 radical (unpaired) electrons. The first-order chi connectivity index (χ1) is 15.4. The summed E-state index contributed by atoms with van der Waals surface area (Å²) in [5, 5.41) is 0. The molecule has 9 nitrogen and oxygen atoms in total. The molecule has 0 spiro atoms. The van der Waals surface area contributed by atoms with Gasteiger partial charge in [-0.05, 0) is 38.5 Å². The summed E-state index contributed by atoms with van der Waals surface area (Å²) in [5.74, 6) is -0.747. The molecule has 3 aliphatic carbocycles. The van der Waals surface area contributed by atoms with Crippen LogP contribution in [-0.2, 0) is 45.8 Å². The van der Waals surface area contributed by atoms with E-state index in [0.717, 1.165) is 38.5 Å². The van der Waals surface area contributed by atoms with Crippen LogP contribution < -0.4 is 0 Å². The first-order valence-corrected chi connectivity index (χ1v) is 11.6. The van der Waals surface area contributed by atoms with Crippen molar-refractivity contribution in [2.24, 2.45) is 17.8 Å². The van der Waals surface area contributed by atoms with Crippen LogP contribution in [0.3, 0.4) is 0 Å². The summed E-state index contributed by atoms with van der Waals surface area (Å²) < 4.78 is 0. The van der Waals surface area contributed by atoms with Gasteiger partial charge in [-0.3, -0.25) is 28.8 Å². The molecule has 3 fully saturated rings. The van der Waals surface area contributed by atoms with Crippen LogP contribution in [0.1, 0.15) is 57.8 Å². The smallest absolute Gasteiger partial charge is 0.348 e. The fourth-order valence-corrected chi connectivity index (χ4v) is 4.17. The summed E-state index contributed by atoms with van der Waals surface area (Å²) in [6.45, 7) is 0. The molecule has 3 rings (SSSR count). The van der Waals surface area contributed by atoms with Crippen LogP contribution in [0.2, 0.25) is 0 Å². The van der Waals surface area contributed by atoms with Crippen LogP contribution in [0.15, 0.2) is 0 Å². The summed E-state index contributed by atoms with van der Waals surface area (Å²) >= 11 is 0. The Kier molecular flexibility index (Phi) is 14.1. The number of nitrogens with zero attached hydrogens (tertiary/aromatic N) is 3. The van der Waals surface area contributed by atoms with Crippen molar-refractivity contribution in [1.82, 2.24) is 14.7 Å². The van der Waals surface area contributed by atoms with E-state index in [0.29, 0.717) is 19.3 Å².